The fraction of sp³-hybridized carbons (Fsp3) is 0.250. The monoisotopic (exact) mass is 360 g/mol. The highest BCUT2D eigenvalue weighted by molar-refractivity contribution is 5.82. The van der Waals surface area contributed by atoms with E-state index in [0.29, 0.717) is 12.6 Å². The van der Waals surface area contributed by atoms with Crippen molar-refractivity contribution in [3.8, 4) is 6.01 Å². The molecule has 0 aliphatic carbocycles. The Hall–Kier alpha value is -3.19. The first-order valence-corrected chi connectivity index (χ1v) is 9.06. The lowest BCUT2D eigenvalue weighted by atomic mass is 10.1. The second-order valence-corrected chi connectivity index (χ2v) is 6.79. The normalized spacial score (nSPS) is 17.1. The second kappa shape index (κ2) is 6.85. The molecule has 5 rings (SSSR count). The Morgan fingerprint density at radius 3 is 2.93 bits per heavy atom. The van der Waals surface area contributed by atoms with E-state index in [1.807, 2.05) is 12.4 Å². The number of benzene rings is 1. The molecule has 136 valence electrons. The van der Waals surface area contributed by atoms with E-state index < -0.39 is 0 Å². The molecule has 0 saturated carbocycles. The Morgan fingerprint density at radius 2 is 2.00 bits per heavy atom. The van der Waals surface area contributed by atoms with Gasteiger partial charge in [-0.2, -0.15) is 5.10 Å². The fourth-order valence-corrected chi connectivity index (χ4v) is 3.77. The van der Waals surface area contributed by atoms with Gasteiger partial charge in [0.25, 0.3) is 0 Å². The van der Waals surface area contributed by atoms with Gasteiger partial charge in [-0.1, -0.05) is 12.1 Å². The molecule has 27 heavy (non-hydrogen) atoms. The summed E-state index contributed by atoms with van der Waals surface area (Å²) in [5, 5.41) is 5.78. The molecular weight excluding hydrogens is 340 g/mol. The first kappa shape index (κ1) is 16.0. The first-order valence-electron chi connectivity index (χ1n) is 9.06. The van der Waals surface area contributed by atoms with E-state index in [0.717, 1.165) is 19.6 Å². The molecule has 3 aromatic heterocycles. The molecule has 0 spiro atoms. The van der Waals surface area contributed by atoms with Gasteiger partial charge in [-0.25, -0.2) is 9.97 Å². The Labute approximate surface area is 156 Å². The average Bonchev–Trinajstić information content (AvgIpc) is 3.36. The van der Waals surface area contributed by atoms with Crippen LogP contribution in [0, 0.1) is 0 Å². The number of H-pyrrole nitrogens is 1. The molecule has 1 aliphatic heterocycles. The number of fused-ring (bicyclic) bond motifs is 2. The molecule has 1 atom stereocenters. The lowest BCUT2D eigenvalue weighted by molar-refractivity contribution is 0.123. The van der Waals surface area contributed by atoms with E-state index in [2.05, 4.69) is 60.0 Å². The van der Waals surface area contributed by atoms with Crippen LogP contribution >= 0.6 is 0 Å². The SMILES string of the molecule is c1cnc(OCC2CN(Cc3cccc4[nH]ccc34)Cc3ccnn32)nc1. The highest BCUT2D eigenvalue weighted by Crippen LogP contribution is 2.25. The maximum atomic E-state index is 5.81. The van der Waals surface area contributed by atoms with Crippen molar-refractivity contribution in [1.82, 2.24) is 29.6 Å². The van der Waals surface area contributed by atoms with Gasteiger partial charge in [0.15, 0.2) is 0 Å². The van der Waals surface area contributed by atoms with Crippen LogP contribution in [0.5, 0.6) is 6.01 Å². The number of ether oxygens (including phenoxy) is 1. The zero-order chi connectivity index (χ0) is 18.1. The number of nitrogens with zero attached hydrogens (tertiary/aromatic N) is 5. The molecule has 7 heteroatoms. The summed E-state index contributed by atoms with van der Waals surface area (Å²) >= 11 is 0. The number of hydrogen-bond donors (Lipinski definition) is 1. The molecule has 7 nitrogen and oxygen atoms in total. The number of rotatable bonds is 5. The van der Waals surface area contributed by atoms with Gasteiger partial charge in [-0.3, -0.25) is 9.58 Å². The quantitative estimate of drug-likeness (QED) is 0.592. The summed E-state index contributed by atoms with van der Waals surface area (Å²) in [5.41, 5.74) is 3.70. The van der Waals surface area contributed by atoms with Crippen molar-refractivity contribution >= 4 is 10.9 Å². The van der Waals surface area contributed by atoms with Crippen molar-refractivity contribution in [3.05, 3.63) is 72.4 Å². The number of aromatic amines is 1. The summed E-state index contributed by atoms with van der Waals surface area (Å²) in [6.45, 7) is 3.11. The second-order valence-electron chi connectivity index (χ2n) is 6.79. The van der Waals surface area contributed by atoms with Crippen LogP contribution in [0.2, 0.25) is 0 Å². The van der Waals surface area contributed by atoms with Crippen LogP contribution in [-0.4, -0.2) is 42.8 Å². The Morgan fingerprint density at radius 1 is 1.07 bits per heavy atom. The molecular formula is C20H20N6O. The summed E-state index contributed by atoms with van der Waals surface area (Å²) in [4.78, 5) is 14.0. The lowest BCUT2D eigenvalue weighted by Crippen LogP contribution is -2.39. The summed E-state index contributed by atoms with van der Waals surface area (Å²) in [5.74, 6) is 0. The Bertz CT molecular complexity index is 1040. The summed E-state index contributed by atoms with van der Waals surface area (Å²) in [6.07, 6.45) is 7.23. The predicted molar refractivity (Wildman–Crippen MR) is 101 cm³/mol. The molecule has 4 heterocycles. The van der Waals surface area contributed by atoms with Crippen LogP contribution in [0.1, 0.15) is 17.3 Å². The minimum atomic E-state index is 0.123. The van der Waals surface area contributed by atoms with Crippen LogP contribution in [-0.2, 0) is 13.1 Å². The van der Waals surface area contributed by atoms with Crippen LogP contribution in [0.4, 0.5) is 0 Å². The van der Waals surface area contributed by atoms with Gasteiger partial charge in [-0.05, 0) is 29.8 Å². The van der Waals surface area contributed by atoms with Gasteiger partial charge in [-0.15, -0.1) is 0 Å². The molecule has 0 fully saturated rings. The third-order valence-electron chi connectivity index (χ3n) is 4.98. The molecule has 0 bridgehead atoms. The standard InChI is InChI=1S/C20H20N6O/c1-3-15(18-6-9-21-19(18)4-1)11-25-12-16-5-10-24-26(16)17(13-25)14-27-20-22-7-2-8-23-20/h1-10,17,21H,11-14H2. The molecule has 1 N–H and O–H groups in total. The van der Waals surface area contributed by atoms with Crippen molar-refractivity contribution in [2.75, 3.05) is 13.2 Å². The topological polar surface area (TPSA) is 71.9 Å². The largest absolute Gasteiger partial charge is 0.461 e. The maximum Gasteiger partial charge on any atom is 0.316 e. The molecule has 0 amide bonds. The molecule has 1 aliphatic rings. The summed E-state index contributed by atoms with van der Waals surface area (Å²) in [6, 6.07) is 12.9. The molecule has 1 aromatic carbocycles. The maximum absolute atomic E-state index is 5.81. The number of hydrogen-bond acceptors (Lipinski definition) is 5. The van der Waals surface area contributed by atoms with Gasteiger partial charge in [0.05, 0.1) is 11.7 Å². The smallest absolute Gasteiger partial charge is 0.316 e. The van der Waals surface area contributed by atoms with E-state index in [1.54, 1.807) is 18.5 Å². The van der Waals surface area contributed by atoms with Crippen molar-refractivity contribution in [1.29, 1.82) is 0 Å². The number of aromatic nitrogens is 5. The van der Waals surface area contributed by atoms with Crippen LogP contribution in [0.3, 0.4) is 0 Å². The van der Waals surface area contributed by atoms with Gasteiger partial charge >= 0.3 is 6.01 Å². The molecule has 1 unspecified atom stereocenters. The minimum absolute atomic E-state index is 0.123. The fourth-order valence-electron chi connectivity index (χ4n) is 3.77. The van der Waals surface area contributed by atoms with Crippen LogP contribution in [0.15, 0.2) is 61.2 Å². The summed E-state index contributed by atoms with van der Waals surface area (Å²) < 4.78 is 7.88. The van der Waals surface area contributed by atoms with E-state index in [-0.39, 0.29) is 6.04 Å². The van der Waals surface area contributed by atoms with Gasteiger partial charge in [0.2, 0.25) is 0 Å². The Balaban J connectivity index is 1.35. The van der Waals surface area contributed by atoms with Crippen molar-refractivity contribution < 1.29 is 4.74 Å². The highest BCUT2D eigenvalue weighted by atomic mass is 16.5. The van der Waals surface area contributed by atoms with Gasteiger partial charge in [0.1, 0.15) is 6.61 Å². The zero-order valence-electron chi connectivity index (χ0n) is 14.8. The third kappa shape index (κ3) is 3.17. The minimum Gasteiger partial charge on any atom is -0.461 e. The summed E-state index contributed by atoms with van der Waals surface area (Å²) in [7, 11) is 0. The van der Waals surface area contributed by atoms with Crippen molar-refractivity contribution in [2.24, 2.45) is 0 Å². The average molecular weight is 360 g/mol. The van der Waals surface area contributed by atoms with Crippen molar-refractivity contribution in [3.63, 3.8) is 0 Å². The van der Waals surface area contributed by atoms with Gasteiger partial charge in [0, 0.05) is 55.3 Å². The lowest BCUT2D eigenvalue weighted by Gasteiger charge is -2.33. The third-order valence-corrected chi connectivity index (χ3v) is 4.98. The van der Waals surface area contributed by atoms with Gasteiger partial charge < -0.3 is 9.72 Å². The molecule has 4 aromatic rings. The van der Waals surface area contributed by atoms with E-state index in [9.17, 15) is 0 Å². The zero-order valence-corrected chi connectivity index (χ0v) is 14.8. The van der Waals surface area contributed by atoms with Crippen LogP contribution in [0.25, 0.3) is 10.9 Å². The molecule has 0 saturated heterocycles. The van der Waals surface area contributed by atoms with Crippen LogP contribution < -0.4 is 4.74 Å². The van der Waals surface area contributed by atoms with Crippen molar-refractivity contribution in [2.45, 2.75) is 19.1 Å². The van der Waals surface area contributed by atoms with E-state index in [1.165, 1.54) is 22.2 Å². The van der Waals surface area contributed by atoms with E-state index in [4.69, 9.17) is 4.74 Å². The number of nitrogens with one attached hydrogen (secondary N) is 1. The highest BCUT2D eigenvalue weighted by Gasteiger charge is 2.26. The Kier molecular flexibility index (Phi) is 4.06. The first-order chi connectivity index (χ1) is 13.4. The predicted octanol–water partition coefficient (Wildman–Crippen LogP) is 2.79. The molecule has 0 radical (unpaired) electrons. The van der Waals surface area contributed by atoms with E-state index >= 15 is 0 Å².